The van der Waals surface area contributed by atoms with Crippen molar-refractivity contribution in [2.45, 2.75) is 26.3 Å². The van der Waals surface area contributed by atoms with Crippen molar-refractivity contribution in [2.75, 3.05) is 25.2 Å². The molecule has 1 aliphatic rings. The molecule has 0 spiro atoms. The predicted molar refractivity (Wildman–Crippen MR) is 151 cm³/mol. The molecular formula is C30H28N2O6S. The Labute approximate surface area is 230 Å². The average Bonchev–Trinajstić information content (AvgIpc) is 3.49. The summed E-state index contributed by atoms with van der Waals surface area (Å²) < 4.78 is 17.4. The van der Waals surface area contributed by atoms with Crippen molar-refractivity contribution < 1.29 is 28.9 Å². The van der Waals surface area contributed by atoms with Gasteiger partial charge in [-0.25, -0.2) is 4.98 Å². The van der Waals surface area contributed by atoms with E-state index in [-0.39, 0.29) is 11.3 Å². The molecule has 4 aromatic rings. The van der Waals surface area contributed by atoms with E-state index in [2.05, 4.69) is 4.98 Å². The Kier molecular flexibility index (Phi) is 7.51. The van der Waals surface area contributed by atoms with Crippen LogP contribution >= 0.6 is 11.3 Å². The Balaban J connectivity index is 1.64. The van der Waals surface area contributed by atoms with Gasteiger partial charge in [-0.2, -0.15) is 0 Å². The molecule has 1 N–H and O–H groups in total. The lowest BCUT2D eigenvalue weighted by Gasteiger charge is -2.23. The Bertz CT molecular complexity index is 1540. The standard InChI is InChI=1S/C30H28N2O6S/c1-4-16-38-21-12-6-18(7-13-21)26-25(27(33)19-8-10-20(36-3)11-9-19)28(34)29(35)32(26)30-31-23-15-14-22(37-5-2)17-24(23)39-30/h6-15,17,26,33H,4-5,16H2,1-3H3/b27-25+. The van der Waals surface area contributed by atoms with Crippen LogP contribution in [0.5, 0.6) is 17.2 Å². The Morgan fingerprint density at radius 1 is 0.949 bits per heavy atom. The second kappa shape index (κ2) is 11.2. The number of ketones is 1. The summed E-state index contributed by atoms with van der Waals surface area (Å²) in [5, 5.41) is 11.7. The third kappa shape index (κ3) is 5.05. The van der Waals surface area contributed by atoms with E-state index in [1.54, 1.807) is 55.6 Å². The molecule has 1 unspecified atom stereocenters. The van der Waals surface area contributed by atoms with Crippen LogP contribution in [0, 0.1) is 0 Å². The first-order chi connectivity index (χ1) is 18.9. The maximum absolute atomic E-state index is 13.5. The van der Waals surface area contributed by atoms with Crippen LogP contribution in [0.4, 0.5) is 5.13 Å². The quantitative estimate of drug-likeness (QED) is 0.154. The first-order valence-electron chi connectivity index (χ1n) is 12.7. The molecule has 3 aromatic carbocycles. The number of rotatable bonds is 9. The first kappa shape index (κ1) is 26.2. The van der Waals surface area contributed by atoms with Gasteiger partial charge in [0.2, 0.25) is 0 Å². The SMILES string of the molecule is CCCOc1ccc(C2/C(=C(\O)c3ccc(OC)cc3)C(=O)C(=O)N2c2nc3ccc(OCC)cc3s2)cc1. The van der Waals surface area contributed by atoms with Crippen molar-refractivity contribution in [1.29, 1.82) is 0 Å². The van der Waals surface area contributed by atoms with Gasteiger partial charge in [-0.15, -0.1) is 0 Å². The fraction of sp³-hybridized carbons (Fsp3) is 0.233. The molecule has 1 atom stereocenters. The van der Waals surface area contributed by atoms with E-state index < -0.39 is 17.7 Å². The lowest BCUT2D eigenvalue weighted by atomic mass is 9.95. The maximum Gasteiger partial charge on any atom is 0.301 e. The maximum atomic E-state index is 13.5. The summed E-state index contributed by atoms with van der Waals surface area (Å²) in [5.74, 6) is 0.165. The van der Waals surface area contributed by atoms with Gasteiger partial charge in [0.15, 0.2) is 5.13 Å². The number of fused-ring (bicyclic) bond motifs is 1. The normalized spacial score (nSPS) is 16.6. The fourth-order valence-corrected chi connectivity index (χ4v) is 5.49. The van der Waals surface area contributed by atoms with Gasteiger partial charge in [-0.1, -0.05) is 30.4 Å². The predicted octanol–water partition coefficient (Wildman–Crippen LogP) is 6.12. The van der Waals surface area contributed by atoms with Crippen LogP contribution in [0.1, 0.15) is 37.4 Å². The van der Waals surface area contributed by atoms with Crippen molar-refractivity contribution in [1.82, 2.24) is 4.98 Å². The van der Waals surface area contributed by atoms with Gasteiger partial charge in [-0.05, 0) is 73.5 Å². The Hall–Kier alpha value is -4.37. The van der Waals surface area contributed by atoms with Crippen LogP contribution in [0.2, 0.25) is 0 Å². The van der Waals surface area contributed by atoms with Gasteiger partial charge < -0.3 is 19.3 Å². The Morgan fingerprint density at radius 3 is 2.31 bits per heavy atom. The molecule has 0 bridgehead atoms. The highest BCUT2D eigenvalue weighted by Gasteiger charge is 2.48. The topological polar surface area (TPSA) is 98.2 Å². The zero-order valence-corrected chi connectivity index (χ0v) is 22.7. The van der Waals surface area contributed by atoms with Crippen LogP contribution in [0.25, 0.3) is 16.0 Å². The zero-order chi connectivity index (χ0) is 27.5. The Morgan fingerprint density at radius 2 is 1.64 bits per heavy atom. The smallest absolute Gasteiger partial charge is 0.301 e. The molecule has 0 aliphatic carbocycles. The van der Waals surface area contributed by atoms with Crippen LogP contribution in [-0.2, 0) is 9.59 Å². The number of aliphatic hydroxyl groups is 1. The molecule has 8 nitrogen and oxygen atoms in total. The van der Waals surface area contributed by atoms with Crippen molar-refractivity contribution in [3.8, 4) is 17.2 Å². The molecule has 39 heavy (non-hydrogen) atoms. The number of amides is 1. The van der Waals surface area contributed by atoms with E-state index in [1.807, 2.05) is 32.0 Å². The molecule has 1 aliphatic heterocycles. The summed E-state index contributed by atoms with van der Waals surface area (Å²) in [5.41, 5.74) is 1.70. The third-order valence-electron chi connectivity index (χ3n) is 6.34. The molecule has 1 amide bonds. The van der Waals surface area contributed by atoms with Crippen molar-refractivity contribution in [2.24, 2.45) is 0 Å². The second-order valence-corrected chi connectivity index (χ2v) is 9.88. The van der Waals surface area contributed by atoms with E-state index >= 15 is 0 Å². The number of carbonyl (C=O) groups excluding carboxylic acids is 2. The summed E-state index contributed by atoms with van der Waals surface area (Å²) in [6, 6.07) is 18.5. The molecule has 1 aromatic heterocycles. The molecule has 1 fully saturated rings. The van der Waals surface area contributed by atoms with E-state index in [9.17, 15) is 14.7 Å². The summed E-state index contributed by atoms with van der Waals surface area (Å²) in [6.45, 7) is 5.03. The van der Waals surface area contributed by atoms with Gasteiger partial charge in [0.05, 0.1) is 42.2 Å². The minimum Gasteiger partial charge on any atom is -0.507 e. The zero-order valence-electron chi connectivity index (χ0n) is 21.8. The number of ether oxygens (including phenoxy) is 3. The van der Waals surface area contributed by atoms with Crippen LogP contribution in [0.3, 0.4) is 0 Å². The molecule has 9 heteroatoms. The number of benzene rings is 3. The van der Waals surface area contributed by atoms with Crippen LogP contribution in [-0.4, -0.2) is 42.1 Å². The van der Waals surface area contributed by atoms with E-state index in [0.717, 1.165) is 11.1 Å². The fourth-order valence-electron chi connectivity index (χ4n) is 4.47. The minimum atomic E-state index is -0.890. The number of aromatic nitrogens is 1. The van der Waals surface area contributed by atoms with Gasteiger partial charge in [-0.3, -0.25) is 14.5 Å². The van der Waals surface area contributed by atoms with Gasteiger partial charge in [0.25, 0.3) is 5.78 Å². The molecule has 200 valence electrons. The third-order valence-corrected chi connectivity index (χ3v) is 7.36. The number of hydrogen-bond acceptors (Lipinski definition) is 8. The highest BCUT2D eigenvalue weighted by molar-refractivity contribution is 7.22. The number of carbonyl (C=O) groups is 2. The number of anilines is 1. The van der Waals surface area contributed by atoms with E-state index in [0.29, 0.717) is 52.2 Å². The monoisotopic (exact) mass is 544 g/mol. The van der Waals surface area contributed by atoms with Crippen LogP contribution < -0.4 is 19.1 Å². The van der Waals surface area contributed by atoms with Gasteiger partial charge >= 0.3 is 5.91 Å². The van der Waals surface area contributed by atoms with Gasteiger partial charge in [0, 0.05) is 5.56 Å². The lowest BCUT2D eigenvalue weighted by Crippen LogP contribution is -2.29. The lowest BCUT2D eigenvalue weighted by molar-refractivity contribution is -0.132. The molecule has 5 rings (SSSR count). The summed E-state index contributed by atoms with van der Waals surface area (Å²) in [4.78, 5) is 33.0. The highest BCUT2D eigenvalue weighted by Crippen LogP contribution is 2.45. The second-order valence-electron chi connectivity index (χ2n) is 8.87. The highest BCUT2D eigenvalue weighted by atomic mass is 32.1. The van der Waals surface area contributed by atoms with Crippen molar-refractivity contribution in [3.63, 3.8) is 0 Å². The largest absolute Gasteiger partial charge is 0.507 e. The van der Waals surface area contributed by atoms with Crippen molar-refractivity contribution in [3.05, 3.63) is 83.4 Å². The minimum absolute atomic E-state index is 0.0124. The van der Waals surface area contributed by atoms with E-state index in [1.165, 1.54) is 16.2 Å². The van der Waals surface area contributed by atoms with E-state index in [4.69, 9.17) is 14.2 Å². The number of thiazole rings is 1. The number of aliphatic hydroxyl groups excluding tert-OH is 1. The molecule has 2 heterocycles. The number of Topliss-reactive ketones (excluding diaryl/α,β-unsaturated/α-hetero) is 1. The molecular weight excluding hydrogens is 516 g/mol. The van der Waals surface area contributed by atoms with Crippen molar-refractivity contribution >= 4 is 44.1 Å². The number of hydrogen-bond donors (Lipinski definition) is 1. The molecule has 1 saturated heterocycles. The van der Waals surface area contributed by atoms with Crippen LogP contribution in [0.15, 0.2) is 72.3 Å². The molecule has 0 radical (unpaired) electrons. The first-order valence-corrected chi connectivity index (χ1v) is 13.5. The summed E-state index contributed by atoms with van der Waals surface area (Å²) >= 11 is 1.28. The summed E-state index contributed by atoms with van der Waals surface area (Å²) in [7, 11) is 1.55. The number of nitrogens with zero attached hydrogens (tertiary/aromatic N) is 2. The molecule has 0 saturated carbocycles. The number of methoxy groups -OCH3 is 1. The summed E-state index contributed by atoms with van der Waals surface area (Å²) in [6.07, 6.45) is 0.867. The van der Waals surface area contributed by atoms with Gasteiger partial charge in [0.1, 0.15) is 23.0 Å². The average molecular weight is 545 g/mol.